The number of amides is 3. The molecular weight excluding hydrogens is 578 g/mol. The number of nitrogens with zero attached hydrogens (tertiary/aromatic N) is 8. The molecule has 2 aliphatic rings. The summed E-state index contributed by atoms with van der Waals surface area (Å²) < 4.78 is 7.15. The number of aromatic nitrogens is 6. The first-order valence-corrected chi connectivity index (χ1v) is 15.0. The lowest BCUT2D eigenvalue weighted by Gasteiger charge is -2.33. The normalized spacial score (nSPS) is 17.0. The number of piperidine rings is 1. The number of carbonyl (C=O) groups excluding carboxylic acids is 3. The zero-order valence-electron chi connectivity index (χ0n) is 25.1. The van der Waals surface area contributed by atoms with Crippen molar-refractivity contribution in [1.82, 2.24) is 40.4 Å². The Morgan fingerprint density at radius 2 is 1.73 bits per heavy atom. The van der Waals surface area contributed by atoms with E-state index in [0.717, 1.165) is 18.4 Å². The highest BCUT2D eigenvalue weighted by Crippen LogP contribution is 2.23. The van der Waals surface area contributed by atoms with E-state index in [9.17, 15) is 14.4 Å². The quantitative estimate of drug-likeness (QED) is 0.263. The predicted octanol–water partition coefficient (Wildman–Crippen LogP) is 1.91. The number of primary amides is 1. The van der Waals surface area contributed by atoms with Crippen molar-refractivity contribution in [2.45, 2.75) is 38.8 Å². The van der Waals surface area contributed by atoms with Crippen molar-refractivity contribution >= 4 is 46.2 Å². The second kappa shape index (κ2) is 12.8. The van der Waals surface area contributed by atoms with Crippen molar-refractivity contribution in [3.63, 3.8) is 0 Å². The van der Waals surface area contributed by atoms with Crippen molar-refractivity contribution in [1.29, 1.82) is 0 Å². The lowest BCUT2D eigenvalue weighted by atomic mass is 10.1. The van der Waals surface area contributed by atoms with Crippen molar-refractivity contribution < 1.29 is 19.1 Å². The molecule has 2 aliphatic heterocycles. The van der Waals surface area contributed by atoms with Crippen LogP contribution in [0.15, 0.2) is 42.5 Å². The number of benzene rings is 2. The van der Waals surface area contributed by atoms with Crippen LogP contribution in [0.4, 0.5) is 17.5 Å². The summed E-state index contributed by atoms with van der Waals surface area (Å²) in [6.07, 6.45) is 1.57. The van der Waals surface area contributed by atoms with E-state index in [0.29, 0.717) is 67.7 Å². The number of rotatable bonds is 8. The number of nitrogens with one attached hydrogen (secondary N) is 2. The molecule has 6 rings (SSSR count). The van der Waals surface area contributed by atoms with E-state index < -0.39 is 5.91 Å². The molecule has 15 heteroatoms. The van der Waals surface area contributed by atoms with Crippen molar-refractivity contribution in [2.75, 3.05) is 49.6 Å². The zero-order valence-corrected chi connectivity index (χ0v) is 25.1. The van der Waals surface area contributed by atoms with Crippen LogP contribution >= 0.6 is 0 Å². The molecule has 4 aromatic rings. The lowest BCUT2D eigenvalue weighted by molar-refractivity contribution is 0.0303. The van der Waals surface area contributed by atoms with Crippen LogP contribution in [0.1, 0.15) is 63.9 Å². The molecule has 2 aromatic carbocycles. The summed E-state index contributed by atoms with van der Waals surface area (Å²) >= 11 is 0. The average molecular weight is 614 g/mol. The van der Waals surface area contributed by atoms with Crippen LogP contribution in [0, 0.1) is 0 Å². The minimum atomic E-state index is -0.780. The number of anilines is 3. The number of hydrogen-bond acceptors (Lipinski definition) is 11. The molecule has 15 nitrogen and oxygen atoms in total. The summed E-state index contributed by atoms with van der Waals surface area (Å²) in [4.78, 5) is 46.4. The number of carbonyl (C=O) groups is 3. The standard InChI is InChI=1S/C30H35N11O4/c1-18(2)41-24-10-7-20(16-23(24)35-38-41)28(43)33-22-4-3-11-40(17-22)30-34-27(25(26(31)42)36-37-30)32-21-8-5-19(6-9-21)29(44)39-12-14-45-15-13-39/h5-10,16,18,22H,3-4,11-15,17H2,1-2H3,(H2,31,42)(H,33,43)(H,32,34,37)/t22-/m1/s1. The summed E-state index contributed by atoms with van der Waals surface area (Å²) in [6, 6.07) is 12.3. The largest absolute Gasteiger partial charge is 0.378 e. The Morgan fingerprint density at radius 1 is 0.978 bits per heavy atom. The van der Waals surface area contributed by atoms with Gasteiger partial charge in [0.15, 0.2) is 11.5 Å². The molecule has 1 atom stereocenters. The first kappa shape index (κ1) is 29.9. The second-order valence-corrected chi connectivity index (χ2v) is 11.4. The molecule has 2 saturated heterocycles. The average Bonchev–Trinajstić information content (AvgIpc) is 3.49. The number of hydrogen-bond donors (Lipinski definition) is 3. The van der Waals surface area contributed by atoms with Gasteiger partial charge in [-0.25, -0.2) is 4.68 Å². The maximum Gasteiger partial charge on any atom is 0.273 e. The fraction of sp³-hybridized carbons (Fsp3) is 0.400. The molecule has 0 radical (unpaired) electrons. The van der Waals surface area contributed by atoms with Gasteiger partial charge in [-0.05, 0) is 69.2 Å². The Bertz CT molecular complexity index is 1720. The van der Waals surface area contributed by atoms with E-state index in [1.165, 1.54) is 0 Å². The summed E-state index contributed by atoms with van der Waals surface area (Å²) in [7, 11) is 0. The maximum absolute atomic E-state index is 13.2. The Labute approximate surface area is 259 Å². The van der Waals surface area contributed by atoms with Gasteiger partial charge in [-0.1, -0.05) is 5.21 Å². The number of ether oxygens (including phenoxy) is 1. The Kier molecular flexibility index (Phi) is 8.51. The van der Waals surface area contributed by atoms with E-state index in [1.807, 2.05) is 29.5 Å². The molecule has 45 heavy (non-hydrogen) atoms. The van der Waals surface area contributed by atoms with E-state index in [2.05, 4.69) is 36.1 Å². The summed E-state index contributed by atoms with van der Waals surface area (Å²) in [5.74, 6) is -0.609. The SMILES string of the molecule is CC(C)n1nnc2cc(C(=O)N[C@@H]3CCCN(c4nnc(C(N)=O)c(Nc5ccc(C(=O)N6CCOCC6)cc5)n4)C3)ccc21. The van der Waals surface area contributed by atoms with E-state index >= 15 is 0 Å². The van der Waals surface area contributed by atoms with Gasteiger partial charge in [0.2, 0.25) is 5.95 Å². The van der Waals surface area contributed by atoms with Gasteiger partial charge in [-0.2, -0.15) is 4.98 Å². The highest BCUT2D eigenvalue weighted by molar-refractivity contribution is 5.98. The van der Waals surface area contributed by atoms with Gasteiger partial charge in [0.1, 0.15) is 5.52 Å². The second-order valence-electron chi connectivity index (χ2n) is 11.4. The van der Waals surface area contributed by atoms with Crippen molar-refractivity contribution in [3.05, 3.63) is 59.3 Å². The van der Waals surface area contributed by atoms with Gasteiger partial charge < -0.3 is 30.9 Å². The van der Waals surface area contributed by atoms with Crippen LogP contribution in [-0.4, -0.2) is 98.2 Å². The van der Waals surface area contributed by atoms with Gasteiger partial charge in [0.05, 0.1) is 18.7 Å². The fourth-order valence-electron chi connectivity index (χ4n) is 5.50. The highest BCUT2D eigenvalue weighted by atomic mass is 16.5. The fourth-order valence-corrected chi connectivity index (χ4v) is 5.50. The van der Waals surface area contributed by atoms with Crippen molar-refractivity contribution in [3.8, 4) is 0 Å². The smallest absolute Gasteiger partial charge is 0.273 e. The molecule has 0 aliphatic carbocycles. The summed E-state index contributed by atoms with van der Waals surface area (Å²) in [6.45, 7) is 7.29. The third-order valence-electron chi connectivity index (χ3n) is 7.86. The van der Waals surface area contributed by atoms with Crippen LogP contribution < -0.4 is 21.3 Å². The Hall–Kier alpha value is -5.18. The monoisotopic (exact) mass is 613 g/mol. The summed E-state index contributed by atoms with van der Waals surface area (Å²) in [5, 5.41) is 22.8. The molecule has 0 unspecified atom stereocenters. The van der Waals surface area contributed by atoms with Crippen LogP contribution in [0.3, 0.4) is 0 Å². The third kappa shape index (κ3) is 6.52. The molecule has 3 amide bonds. The van der Waals surface area contributed by atoms with Gasteiger partial charge >= 0.3 is 0 Å². The molecule has 4 N–H and O–H groups in total. The molecule has 2 aromatic heterocycles. The van der Waals surface area contributed by atoms with Crippen LogP contribution in [0.5, 0.6) is 0 Å². The van der Waals surface area contributed by atoms with Gasteiger partial charge in [0.25, 0.3) is 17.7 Å². The number of fused-ring (bicyclic) bond motifs is 1. The van der Waals surface area contributed by atoms with E-state index in [4.69, 9.17) is 10.5 Å². The van der Waals surface area contributed by atoms with Gasteiger partial charge in [0, 0.05) is 55.1 Å². The predicted molar refractivity (Wildman–Crippen MR) is 165 cm³/mol. The topological polar surface area (TPSA) is 186 Å². The molecular formula is C30H35N11O4. The number of morpholine rings is 1. The summed E-state index contributed by atoms with van der Waals surface area (Å²) in [5.41, 5.74) is 8.63. The molecule has 0 bridgehead atoms. The lowest BCUT2D eigenvalue weighted by Crippen LogP contribution is -2.48. The first-order valence-electron chi connectivity index (χ1n) is 15.0. The molecule has 0 saturated carbocycles. The molecule has 4 heterocycles. The maximum atomic E-state index is 13.2. The van der Waals surface area contributed by atoms with Crippen LogP contribution in [0.25, 0.3) is 11.0 Å². The molecule has 234 valence electrons. The minimum Gasteiger partial charge on any atom is -0.378 e. The third-order valence-corrected chi connectivity index (χ3v) is 7.86. The van der Waals surface area contributed by atoms with Gasteiger partial charge in [-0.3, -0.25) is 14.4 Å². The molecule has 0 spiro atoms. The number of nitrogens with two attached hydrogens (primary N) is 1. The minimum absolute atomic E-state index is 0.0696. The van der Waals surface area contributed by atoms with Crippen LogP contribution in [-0.2, 0) is 4.74 Å². The first-order chi connectivity index (χ1) is 21.8. The van der Waals surface area contributed by atoms with Crippen LogP contribution in [0.2, 0.25) is 0 Å². The van der Waals surface area contributed by atoms with Gasteiger partial charge in [-0.15, -0.1) is 15.3 Å². The van der Waals surface area contributed by atoms with Crippen molar-refractivity contribution in [2.24, 2.45) is 5.73 Å². The zero-order chi connectivity index (χ0) is 31.5. The Morgan fingerprint density at radius 3 is 2.47 bits per heavy atom. The van der Waals surface area contributed by atoms with E-state index in [1.54, 1.807) is 41.3 Å². The Balaban J connectivity index is 1.14. The molecule has 2 fully saturated rings. The highest BCUT2D eigenvalue weighted by Gasteiger charge is 2.26. The van der Waals surface area contributed by atoms with E-state index in [-0.39, 0.29) is 35.4 Å².